The summed E-state index contributed by atoms with van der Waals surface area (Å²) in [5.74, 6) is 0.766. The maximum absolute atomic E-state index is 12.3. The summed E-state index contributed by atoms with van der Waals surface area (Å²) in [6.07, 6.45) is 0. The molecule has 29 heavy (non-hydrogen) atoms. The van der Waals surface area contributed by atoms with E-state index >= 15 is 0 Å². The van der Waals surface area contributed by atoms with E-state index in [9.17, 15) is 14.7 Å². The Hall–Kier alpha value is -2.86. The first kappa shape index (κ1) is 19.5. The highest BCUT2D eigenvalue weighted by Crippen LogP contribution is 2.53. The van der Waals surface area contributed by atoms with E-state index in [0.717, 1.165) is 22.4 Å². The molecule has 152 valence electrons. The van der Waals surface area contributed by atoms with Gasteiger partial charge < -0.3 is 19.6 Å². The van der Waals surface area contributed by atoms with Crippen LogP contribution < -0.4 is 4.74 Å². The molecule has 0 saturated carbocycles. The Morgan fingerprint density at radius 1 is 1.07 bits per heavy atom. The third-order valence-corrected chi connectivity index (χ3v) is 6.35. The van der Waals surface area contributed by atoms with Gasteiger partial charge in [0.15, 0.2) is 0 Å². The number of aliphatic hydroxyl groups is 1. The van der Waals surface area contributed by atoms with Crippen molar-refractivity contribution in [3.8, 4) is 16.9 Å². The number of carbonyl (C=O) groups excluding carboxylic acids is 2. The van der Waals surface area contributed by atoms with Crippen LogP contribution in [0, 0.1) is 0 Å². The van der Waals surface area contributed by atoms with Gasteiger partial charge in [-0.2, -0.15) is 0 Å². The number of aliphatic hydroxyl groups excluding tert-OH is 1. The second kappa shape index (κ2) is 7.19. The van der Waals surface area contributed by atoms with Gasteiger partial charge in [0.1, 0.15) is 5.75 Å². The van der Waals surface area contributed by atoms with E-state index in [2.05, 4.69) is 24.3 Å². The predicted molar refractivity (Wildman–Crippen MR) is 110 cm³/mol. The SMILES string of the molecule is COc1cccc(-c2ccc([C@@H]3[C@@H](CO)N(C(C)=O)C34CN(C(C)=O)C4)cc2)c1. The van der Waals surface area contributed by atoms with Gasteiger partial charge in [-0.15, -0.1) is 0 Å². The zero-order valence-electron chi connectivity index (χ0n) is 17.0. The van der Waals surface area contributed by atoms with Crippen molar-refractivity contribution < 1.29 is 19.4 Å². The van der Waals surface area contributed by atoms with Crippen molar-refractivity contribution in [2.75, 3.05) is 26.8 Å². The highest BCUT2D eigenvalue weighted by molar-refractivity contribution is 5.80. The Bertz CT molecular complexity index is 934. The van der Waals surface area contributed by atoms with Crippen LogP contribution >= 0.6 is 0 Å². The van der Waals surface area contributed by atoms with Gasteiger partial charge in [-0.25, -0.2) is 0 Å². The van der Waals surface area contributed by atoms with Crippen molar-refractivity contribution in [1.29, 1.82) is 0 Å². The number of hydrogen-bond acceptors (Lipinski definition) is 4. The molecule has 4 rings (SSSR count). The maximum atomic E-state index is 12.3. The van der Waals surface area contributed by atoms with Crippen molar-refractivity contribution in [3.63, 3.8) is 0 Å². The van der Waals surface area contributed by atoms with Gasteiger partial charge in [-0.3, -0.25) is 9.59 Å². The molecule has 0 aliphatic carbocycles. The molecule has 1 N–H and O–H groups in total. The fourth-order valence-electron chi connectivity index (χ4n) is 5.04. The number of amides is 2. The molecule has 2 atom stereocenters. The van der Waals surface area contributed by atoms with E-state index in [4.69, 9.17) is 4.74 Å². The van der Waals surface area contributed by atoms with Crippen LogP contribution in [0.1, 0.15) is 25.3 Å². The van der Waals surface area contributed by atoms with Crippen molar-refractivity contribution in [2.24, 2.45) is 0 Å². The molecule has 0 radical (unpaired) electrons. The molecule has 2 aromatic rings. The van der Waals surface area contributed by atoms with Crippen LogP contribution in [0.3, 0.4) is 0 Å². The minimum atomic E-state index is -0.414. The van der Waals surface area contributed by atoms with Crippen LogP contribution in [-0.2, 0) is 9.59 Å². The third kappa shape index (κ3) is 2.99. The largest absolute Gasteiger partial charge is 0.497 e. The van der Waals surface area contributed by atoms with Crippen LogP contribution in [-0.4, -0.2) is 65.1 Å². The van der Waals surface area contributed by atoms with Crippen LogP contribution in [0.2, 0.25) is 0 Å². The van der Waals surface area contributed by atoms with Gasteiger partial charge in [0.2, 0.25) is 11.8 Å². The molecule has 2 heterocycles. The van der Waals surface area contributed by atoms with Gasteiger partial charge in [-0.1, -0.05) is 36.4 Å². The van der Waals surface area contributed by atoms with E-state index in [1.807, 2.05) is 24.3 Å². The van der Waals surface area contributed by atoms with Gasteiger partial charge in [0.05, 0.1) is 25.3 Å². The summed E-state index contributed by atoms with van der Waals surface area (Å²) in [6.45, 7) is 4.01. The lowest BCUT2D eigenvalue weighted by Crippen LogP contribution is -2.85. The van der Waals surface area contributed by atoms with Crippen LogP contribution in [0.25, 0.3) is 11.1 Å². The van der Waals surface area contributed by atoms with Crippen LogP contribution in [0.4, 0.5) is 0 Å². The Morgan fingerprint density at radius 3 is 2.31 bits per heavy atom. The maximum Gasteiger partial charge on any atom is 0.220 e. The Labute approximate surface area is 170 Å². The molecule has 1 spiro atoms. The summed E-state index contributed by atoms with van der Waals surface area (Å²) in [4.78, 5) is 27.5. The summed E-state index contributed by atoms with van der Waals surface area (Å²) in [5.41, 5.74) is 2.80. The standard InChI is InChI=1S/C23H26N2O4/c1-15(27)24-13-23(14-24)22(21(12-26)25(23)16(2)28)18-9-7-17(8-10-18)19-5-4-6-20(11-19)29-3/h4-11,21-22,26H,12-14H2,1-3H3/t21-,22-/m1/s1. The van der Waals surface area contributed by atoms with E-state index < -0.39 is 5.54 Å². The zero-order chi connectivity index (χ0) is 20.8. The molecule has 0 unspecified atom stereocenters. The van der Waals surface area contributed by atoms with Crippen molar-refractivity contribution >= 4 is 11.8 Å². The monoisotopic (exact) mass is 394 g/mol. The summed E-state index contributed by atoms with van der Waals surface area (Å²) in [5, 5.41) is 9.97. The van der Waals surface area contributed by atoms with Gasteiger partial charge in [0.25, 0.3) is 0 Å². The molecule has 2 aliphatic heterocycles. The number of carbonyl (C=O) groups is 2. The quantitative estimate of drug-likeness (QED) is 0.864. The Kier molecular flexibility index (Phi) is 4.82. The Morgan fingerprint density at radius 2 is 1.76 bits per heavy atom. The molecular formula is C23H26N2O4. The van der Waals surface area contributed by atoms with Gasteiger partial charge >= 0.3 is 0 Å². The first-order valence-corrected chi connectivity index (χ1v) is 9.82. The van der Waals surface area contributed by atoms with Crippen LogP contribution in [0.5, 0.6) is 5.75 Å². The molecule has 6 heteroatoms. The first-order chi connectivity index (χ1) is 13.9. The fraction of sp³-hybridized carbons (Fsp3) is 0.391. The van der Waals surface area contributed by atoms with Crippen molar-refractivity contribution in [3.05, 3.63) is 54.1 Å². The molecule has 6 nitrogen and oxygen atoms in total. The number of nitrogens with zero attached hydrogens (tertiary/aromatic N) is 2. The minimum Gasteiger partial charge on any atom is -0.497 e. The normalized spacial score (nSPS) is 22.1. The first-order valence-electron chi connectivity index (χ1n) is 9.82. The number of hydrogen-bond donors (Lipinski definition) is 1. The summed E-state index contributed by atoms with van der Waals surface area (Å²) in [7, 11) is 1.65. The number of rotatable bonds is 4. The predicted octanol–water partition coefficient (Wildman–Crippen LogP) is 2.27. The Balaban J connectivity index is 1.63. The summed E-state index contributed by atoms with van der Waals surface area (Å²) >= 11 is 0. The number of methoxy groups -OCH3 is 1. The lowest BCUT2D eigenvalue weighted by atomic mass is 9.60. The second-order valence-corrected chi connectivity index (χ2v) is 7.95. The van der Waals surface area contributed by atoms with E-state index in [1.165, 1.54) is 6.92 Å². The van der Waals surface area contributed by atoms with Crippen molar-refractivity contribution in [1.82, 2.24) is 9.80 Å². The van der Waals surface area contributed by atoms with E-state index in [0.29, 0.717) is 13.1 Å². The summed E-state index contributed by atoms with van der Waals surface area (Å²) < 4.78 is 5.31. The minimum absolute atomic E-state index is 0.00589. The van der Waals surface area contributed by atoms with Gasteiger partial charge in [-0.05, 0) is 28.8 Å². The zero-order valence-corrected chi connectivity index (χ0v) is 17.0. The topological polar surface area (TPSA) is 70.1 Å². The lowest BCUT2D eigenvalue weighted by molar-refractivity contribution is -0.200. The average molecular weight is 394 g/mol. The molecule has 2 aliphatic rings. The molecule has 2 amide bonds. The van der Waals surface area contributed by atoms with E-state index in [1.54, 1.807) is 23.8 Å². The molecule has 0 aromatic heterocycles. The molecular weight excluding hydrogens is 368 g/mol. The van der Waals surface area contributed by atoms with Gasteiger partial charge in [0, 0.05) is 32.9 Å². The highest BCUT2D eigenvalue weighted by atomic mass is 16.5. The number of ether oxygens (including phenoxy) is 1. The fourth-order valence-corrected chi connectivity index (χ4v) is 5.04. The van der Waals surface area contributed by atoms with Crippen molar-refractivity contribution in [2.45, 2.75) is 31.3 Å². The van der Waals surface area contributed by atoms with E-state index in [-0.39, 0.29) is 30.4 Å². The third-order valence-electron chi connectivity index (χ3n) is 6.35. The number of benzene rings is 2. The molecule has 2 saturated heterocycles. The summed E-state index contributed by atoms with van der Waals surface area (Å²) in [6, 6.07) is 15.9. The smallest absolute Gasteiger partial charge is 0.220 e. The number of likely N-dealkylation sites (tertiary alicyclic amines) is 2. The average Bonchev–Trinajstić information content (AvgIpc) is 2.66. The lowest BCUT2D eigenvalue weighted by Gasteiger charge is -2.70. The van der Waals surface area contributed by atoms with Crippen LogP contribution in [0.15, 0.2) is 48.5 Å². The second-order valence-electron chi connectivity index (χ2n) is 7.95. The molecule has 2 aromatic carbocycles. The molecule has 0 bridgehead atoms. The highest BCUT2D eigenvalue weighted by Gasteiger charge is 2.67. The molecule has 2 fully saturated rings.